The van der Waals surface area contributed by atoms with Gasteiger partial charge in [0.1, 0.15) is 5.82 Å². The van der Waals surface area contributed by atoms with Crippen LogP contribution in [0, 0.1) is 5.82 Å². The molecule has 3 rings (SSSR count). The van der Waals surface area contributed by atoms with Crippen LogP contribution < -0.4 is 0 Å². The van der Waals surface area contributed by atoms with Crippen molar-refractivity contribution in [1.82, 2.24) is 4.98 Å². The van der Waals surface area contributed by atoms with Crippen molar-refractivity contribution < 1.29 is 4.39 Å². The first-order valence-electron chi connectivity index (χ1n) is 6.21. The van der Waals surface area contributed by atoms with Gasteiger partial charge in [-0.15, -0.1) is 0 Å². The zero-order chi connectivity index (χ0) is 13.9. The second-order valence-corrected chi connectivity index (χ2v) is 5.34. The zero-order valence-electron chi connectivity index (χ0n) is 10.6. The summed E-state index contributed by atoms with van der Waals surface area (Å²) in [7, 11) is 0. The van der Waals surface area contributed by atoms with Crippen molar-refractivity contribution in [1.29, 1.82) is 0 Å². The van der Waals surface area contributed by atoms with Gasteiger partial charge >= 0.3 is 0 Å². The average molecular weight is 328 g/mol. The quantitative estimate of drug-likeness (QED) is 0.621. The van der Waals surface area contributed by atoms with Crippen molar-refractivity contribution in [3.05, 3.63) is 76.1 Å². The molecule has 0 aliphatic carbocycles. The van der Waals surface area contributed by atoms with Crippen LogP contribution in [-0.2, 0) is 0 Å². The van der Waals surface area contributed by atoms with E-state index in [1.165, 1.54) is 6.07 Å². The lowest BCUT2D eigenvalue weighted by molar-refractivity contribution is 0.624. The second kappa shape index (κ2) is 5.55. The fourth-order valence-electron chi connectivity index (χ4n) is 1.99. The Bertz CT molecular complexity index is 796. The summed E-state index contributed by atoms with van der Waals surface area (Å²) in [5.41, 5.74) is 2.29. The molecule has 0 N–H and O–H groups in total. The van der Waals surface area contributed by atoms with Gasteiger partial charge in [0.25, 0.3) is 0 Å². The number of fused-ring (bicyclic) bond motifs is 1. The molecule has 0 fully saturated rings. The van der Waals surface area contributed by atoms with Crippen molar-refractivity contribution in [2.24, 2.45) is 0 Å². The molecule has 1 aromatic heterocycles. The Balaban J connectivity index is 1.93. The van der Waals surface area contributed by atoms with Gasteiger partial charge in [0, 0.05) is 15.4 Å². The lowest BCUT2D eigenvalue weighted by atomic mass is 10.1. The van der Waals surface area contributed by atoms with Gasteiger partial charge in [-0.05, 0) is 36.4 Å². The summed E-state index contributed by atoms with van der Waals surface area (Å²) in [6.07, 6.45) is 3.55. The number of aromatic nitrogens is 1. The molecular formula is C17H11BrFN. The van der Waals surface area contributed by atoms with Crippen LogP contribution in [0.15, 0.2) is 59.1 Å². The van der Waals surface area contributed by atoms with E-state index in [0.29, 0.717) is 5.56 Å². The lowest BCUT2D eigenvalue weighted by Gasteiger charge is -2.00. The minimum absolute atomic E-state index is 0.253. The summed E-state index contributed by atoms with van der Waals surface area (Å²) in [5.74, 6) is -0.253. The van der Waals surface area contributed by atoms with E-state index < -0.39 is 0 Å². The van der Waals surface area contributed by atoms with E-state index in [2.05, 4.69) is 20.9 Å². The van der Waals surface area contributed by atoms with Crippen LogP contribution in [-0.4, -0.2) is 4.98 Å². The largest absolute Gasteiger partial charge is 0.248 e. The molecule has 2 aromatic carbocycles. The van der Waals surface area contributed by atoms with E-state index in [4.69, 9.17) is 0 Å². The summed E-state index contributed by atoms with van der Waals surface area (Å²) in [5, 5.41) is 1.10. The third kappa shape index (κ3) is 2.78. The van der Waals surface area contributed by atoms with Crippen LogP contribution in [0.3, 0.4) is 0 Å². The number of hydrogen-bond donors (Lipinski definition) is 0. The fraction of sp³-hybridized carbons (Fsp3) is 0. The molecule has 1 nitrogen and oxygen atoms in total. The molecule has 0 atom stereocenters. The van der Waals surface area contributed by atoms with E-state index >= 15 is 0 Å². The smallest absolute Gasteiger partial charge is 0.131 e. The Morgan fingerprint density at radius 1 is 0.950 bits per heavy atom. The summed E-state index contributed by atoms with van der Waals surface area (Å²) in [6.45, 7) is 0. The van der Waals surface area contributed by atoms with Crippen LogP contribution >= 0.6 is 15.9 Å². The molecule has 3 aromatic rings. The van der Waals surface area contributed by atoms with Crippen molar-refractivity contribution >= 4 is 39.0 Å². The molecule has 0 aliphatic rings. The number of halogens is 2. The molecule has 0 amide bonds. The lowest BCUT2D eigenvalue weighted by Crippen LogP contribution is -1.84. The standard InChI is InChI=1S/C17H11BrFN/c18-14-8-5-12(16(19)11-14)6-9-15-10-7-13-3-1-2-4-17(13)20-15/h1-11H/b9-6+. The number of para-hydroxylation sites is 1. The number of pyridine rings is 1. The van der Waals surface area contributed by atoms with Crippen LogP contribution in [0.25, 0.3) is 23.1 Å². The predicted molar refractivity (Wildman–Crippen MR) is 84.8 cm³/mol. The topological polar surface area (TPSA) is 12.9 Å². The molecule has 3 heteroatoms. The van der Waals surface area contributed by atoms with Gasteiger partial charge in [-0.1, -0.05) is 46.3 Å². The highest BCUT2D eigenvalue weighted by atomic mass is 79.9. The van der Waals surface area contributed by atoms with E-state index in [1.54, 1.807) is 12.1 Å². The molecular weight excluding hydrogens is 317 g/mol. The average Bonchev–Trinajstić information content (AvgIpc) is 2.46. The summed E-state index contributed by atoms with van der Waals surface area (Å²) < 4.78 is 14.4. The Kier molecular flexibility index (Phi) is 3.61. The van der Waals surface area contributed by atoms with E-state index in [1.807, 2.05) is 48.5 Å². The highest BCUT2D eigenvalue weighted by Gasteiger charge is 1.99. The third-order valence-electron chi connectivity index (χ3n) is 3.02. The van der Waals surface area contributed by atoms with Crippen LogP contribution in [0.4, 0.5) is 4.39 Å². The Morgan fingerprint density at radius 3 is 2.65 bits per heavy atom. The van der Waals surface area contributed by atoms with Gasteiger partial charge in [0.2, 0.25) is 0 Å². The van der Waals surface area contributed by atoms with Gasteiger partial charge in [0.15, 0.2) is 0 Å². The second-order valence-electron chi connectivity index (χ2n) is 4.43. The first-order chi connectivity index (χ1) is 9.72. The normalized spacial score (nSPS) is 11.3. The molecule has 0 saturated heterocycles. The minimum Gasteiger partial charge on any atom is -0.248 e. The van der Waals surface area contributed by atoms with Gasteiger partial charge in [-0.3, -0.25) is 0 Å². The highest BCUT2D eigenvalue weighted by Crippen LogP contribution is 2.18. The van der Waals surface area contributed by atoms with Gasteiger partial charge in [-0.25, -0.2) is 9.37 Å². The Morgan fingerprint density at radius 2 is 1.80 bits per heavy atom. The Labute approximate surface area is 124 Å². The van der Waals surface area contributed by atoms with Crippen molar-refractivity contribution in [2.75, 3.05) is 0 Å². The maximum Gasteiger partial charge on any atom is 0.131 e. The van der Waals surface area contributed by atoms with Crippen molar-refractivity contribution in [3.8, 4) is 0 Å². The maximum absolute atomic E-state index is 13.7. The number of benzene rings is 2. The van der Waals surface area contributed by atoms with Crippen LogP contribution in [0.2, 0.25) is 0 Å². The number of rotatable bonds is 2. The number of nitrogens with zero attached hydrogens (tertiary/aromatic N) is 1. The molecule has 0 radical (unpaired) electrons. The van der Waals surface area contributed by atoms with E-state index in [0.717, 1.165) is 21.1 Å². The van der Waals surface area contributed by atoms with Gasteiger partial charge in [0.05, 0.1) is 11.2 Å². The highest BCUT2D eigenvalue weighted by molar-refractivity contribution is 9.10. The molecule has 20 heavy (non-hydrogen) atoms. The van der Waals surface area contributed by atoms with E-state index in [-0.39, 0.29) is 5.82 Å². The Hall–Kier alpha value is -2.00. The fourth-order valence-corrected chi connectivity index (χ4v) is 2.32. The first kappa shape index (κ1) is 13.0. The van der Waals surface area contributed by atoms with E-state index in [9.17, 15) is 4.39 Å². The summed E-state index contributed by atoms with van der Waals surface area (Å²) in [4.78, 5) is 4.52. The van der Waals surface area contributed by atoms with Crippen LogP contribution in [0.1, 0.15) is 11.3 Å². The first-order valence-corrected chi connectivity index (χ1v) is 7.00. The SMILES string of the molecule is Fc1cc(Br)ccc1/C=C/c1ccc2ccccc2n1. The molecule has 0 bridgehead atoms. The molecule has 0 saturated carbocycles. The summed E-state index contributed by atoms with van der Waals surface area (Å²) in [6, 6.07) is 16.9. The van der Waals surface area contributed by atoms with Gasteiger partial charge < -0.3 is 0 Å². The van der Waals surface area contributed by atoms with Crippen molar-refractivity contribution in [3.63, 3.8) is 0 Å². The van der Waals surface area contributed by atoms with Crippen LogP contribution in [0.5, 0.6) is 0 Å². The van der Waals surface area contributed by atoms with Gasteiger partial charge in [-0.2, -0.15) is 0 Å². The molecule has 0 unspecified atom stereocenters. The molecule has 0 aliphatic heterocycles. The monoisotopic (exact) mass is 327 g/mol. The zero-order valence-corrected chi connectivity index (χ0v) is 12.1. The van der Waals surface area contributed by atoms with Crippen molar-refractivity contribution in [2.45, 2.75) is 0 Å². The molecule has 1 heterocycles. The number of hydrogen-bond acceptors (Lipinski definition) is 1. The predicted octanol–water partition coefficient (Wildman–Crippen LogP) is 5.31. The maximum atomic E-state index is 13.7. The molecule has 0 spiro atoms. The third-order valence-corrected chi connectivity index (χ3v) is 3.51. The minimum atomic E-state index is -0.253. The summed E-state index contributed by atoms with van der Waals surface area (Å²) >= 11 is 3.24. The molecule has 98 valence electrons.